The minimum Gasteiger partial charge on any atom is -0.319 e. The van der Waals surface area contributed by atoms with Crippen molar-refractivity contribution in [2.24, 2.45) is 7.05 Å². The van der Waals surface area contributed by atoms with Crippen molar-refractivity contribution in [3.05, 3.63) is 53.3 Å². The van der Waals surface area contributed by atoms with Crippen molar-refractivity contribution < 1.29 is 18.0 Å². The first-order valence-corrected chi connectivity index (χ1v) is 7.29. The normalized spacial score (nSPS) is 11.6. The predicted octanol–water partition coefficient (Wildman–Crippen LogP) is 3.39. The van der Waals surface area contributed by atoms with Crippen LogP contribution in [0.1, 0.15) is 21.5 Å². The van der Waals surface area contributed by atoms with E-state index < -0.39 is 23.2 Å². The number of hydrogen-bond acceptors (Lipinski definition) is 3. The van der Waals surface area contributed by atoms with Crippen LogP contribution in [-0.4, -0.2) is 25.9 Å². The maximum absolute atomic E-state index is 13.1. The number of carbonyl (C=O) groups excluding carboxylic acids is 1. The molecule has 3 rings (SSSR count). The van der Waals surface area contributed by atoms with Gasteiger partial charge in [0.05, 0.1) is 28.7 Å². The minimum atomic E-state index is -4.62. The molecule has 0 aliphatic rings. The third kappa shape index (κ3) is 3.25. The Balaban J connectivity index is 1.98. The summed E-state index contributed by atoms with van der Waals surface area (Å²) in [7, 11) is 1.65. The third-order valence-electron chi connectivity index (χ3n) is 3.62. The van der Waals surface area contributed by atoms with Crippen LogP contribution in [0.2, 0.25) is 0 Å². The van der Waals surface area contributed by atoms with Gasteiger partial charge in [0.25, 0.3) is 5.91 Å². The van der Waals surface area contributed by atoms with Crippen molar-refractivity contribution in [3.8, 4) is 11.4 Å². The van der Waals surface area contributed by atoms with Gasteiger partial charge in [0.1, 0.15) is 5.69 Å². The first-order chi connectivity index (χ1) is 11.8. The number of amides is 1. The first-order valence-electron chi connectivity index (χ1n) is 7.29. The number of benzene rings is 1. The highest BCUT2D eigenvalue weighted by molar-refractivity contribution is 6.06. The molecule has 3 aromatic rings. The van der Waals surface area contributed by atoms with Gasteiger partial charge in [-0.25, -0.2) is 0 Å². The summed E-state index contributed by atoms with van der Waals surface area (Å²) in [4.78, 5) is 12.4. The fraction of sp³-hybridized carbons (Fsp3) is 0.188. The van der Waals surface area contributed by atoms with Gasteiger partial charge in [0, 0.05) is 13.2 Å². The van der Waals surface area contributed by atoms with E-state index in [1.54, 1.807) is 20.2 Å². The molecule has 0 saturated heterocycles. The molecule has 25 heavy (non-hydrogen) atoms. The number of halogens is 3. The molecule has 0 spiro atoms. The van der Waals surface area contributed by atoms with Gasteiger partial charge in [0.15, 0.2) is 0 Å². The van der Waals surface area contributed by atoms with Crippen LogP contribution in [0, 0.1) is 6.92 Å². The number of aromatic amines is 1. The number of aromatic nitrogens is 4. The summed E-state index contributed by atoms with van der Waals surface area (Å²) in [5, 5.41) is 13.4. The van der Waals surface area contributed by atoms with Gasteiger partial charge in [-0.3, -0.25) is 14.6 Å². The maximum Gasteiger partial charge on any atom is 0.417 e. The molecule has 0 bridgehead atoms. The van der Waals surface area contributed by atoms with E-state index in [1.165, 1.54) is 23.0 Å². The largest absolute Gasteiger partial charge is 0.417 e. The van der Waals surface area contributed by atoms with Crippen molar-refractivity contribution in [3.63, 3.8) is 0 Å². The number of nitrogens with one attached hydrogen (secondary N) is 2. The van der Waals surface area contributed by atoms with Gasteiger partial charge in [0.2, 0.25) is 0 Å². The van der Waals surface area contributed by atoms with E-state index in [-0.39, 0.29) is 5.69 Å². The molecule has 2 aromatic heterocycles. The topological polar surface area (TPSA) is 75.6 Å². The maximum atomic E-state index is 13.1. The van der Waals surface area contributed by atoms with Crippen molar-refractivity contribution in [1.82, 2.24) is 20.0 Å². The predicted molar refractivity (Wildman–Crippen MR) is 84.9 cm³/mol. The van der Waals surface area contributed by atoms with Crippen molar-refractivity contribution in [2.45, 2.75) is 13.1 Å². The lowest BCUT2D eigenvalue weighted by Crippen LogP contribution is -2.18. The second-order valence-electron chi connectivity index (χ2n) is 5.49. The standard InChI is InChI=1S/C16H14F3N5O/c1-9-7-20-22-13(9)14-12(8-24(2)23-14)21-15(25)10-5-3-4-6-11(10)16(17,18)19/h3-8H,1-2H3,(H,20,22)(H,21,25). The summed E-state index contributed by atoms with van der Waals surface area (Å²) < 4.78 is 40.8. The van der Waals surface area contributed by atoms with Crippen LogP contribution in [-0.2, 0) is 13.2 Å². The van der Waals surface area contributed by atoms with Crippen molar-refractivity contribution in [2.75, 3.05) is 5.32 Å². The van der Waals surface area contributed by atoms with Gasteiger partial charge < -0.3 is 5.32 Å². The van der Waals surface area contributed by atoms with E-state index >= 15 is 0 Å². The Morgan fingerprint density at radius 3 is 2.64 bits per heavy atom. The molecule has 0 saturated carbocycles. The number of alkyl halides is 3. The highest BCUT2D eigenvalue weighted by Crippen LogP contribution is 2.33. The van der Waals surface area contributed by atoms with E-state index in [1.807, 2.05) is 0 Å². The summed E-state index contributed by atoms with van der Waals surface area (Å²) in [5.41, 5.74) is 0.624. The van der Waals surface area contributed by atoms with Crippen molar-refractivity contribution in [1.29, 1.82) is 0 Å². The summed E-state index contributed by atoms with van der Waals surface area (Å²) in [5.74, 6) is -0.862. The van der Waals surface area contributed by atoms with Gasteiger partial charge >= 0.3 is 6.18 Å². The van der Waals surface area contributed by atoms with Crippen LogP contribution in [0.15, 0.2) is 36.7 Å². The Morgan fingerprint density at radius 2 is 2.00 bits per heavy atom. The highest BCUT2D eigenvalue weighted by atomic mass is 19.4. The lowest BCUT2D eigenvalue weighted by atomic mass is 10.1. The molecule has 0 fully saturated rings. The SMILES string of the molecule is Cc1cn[nH]c1-c1nn(C)cc1NC(=O)c1ccccc1C(F)(F)F. The molecule has 0 unspecified atom stereocenters. The summed E-state index contributed by atoms with van der Waals surface area (Å²) in [6.07, 6.45) is -1.51. The average molecular weight is 349 g/mol. The summed E-state index contributed by atoms with van der Waals surface area (Å²) in [6, 6.07) is 4.63. The number of aryl methyl sites for hydroxylation is 2. The van der Waals surface area contributed by atoms with E-state index in [0.29, 0.717) is 11.4 Å². The molecule has 0 aliphatic carbocycles. The lowest BCUT2D eigenvalue weighted by Gasteiger charge is -2.12. The fourth-order valence-electron chi connectivity index (χ4n) is 2.47. The molecule has 0 aliphatic heterocycles. The number of carbonyl (C=O) groups is 1. The van der Waals surface area contributed by atoms with Crippen LogP contribution in [0.5, 0.6) is 0 Å². The number of H-pyrrole nitrogens is 1. The number of nitrogens with zero attached hydrogens (tertiary/aromatic N) is 3. The molecular weight excluding hydrogens is 335 g/mol. The van der Waals surface area contributed by atoms with Gasteiger partial charge in [-0.05, 0) is 24.6 Å². The zero-order chi connectivity index (χ0) is 18.2. The molecule has 2 heterocycles. The van der Waals surface area contributed by atoms with Crippen molar-refractivity contribution >= 4 is 11.6 Å². The Morgan fingerprint density at radius 1 is 1.28 bits per heavy atom. The molecular formula is C16H14F3N5O. The molecule has 130 valence electrons. The average Bonchev–Trinajstić information content (AvgIpc) is 3.11. The fourth-order valence-corrected chi connectivity index (χ4v) is 2.47. The number of anilines is 1. The van der Waals surface area contributed by atoms with Crippen LogP contribution < -0.4 is 5.32 Å². The monoisotopic (exact) mass is 349 g/mol. The van der Waals surface area contributed by atoms with E-state index in [4.69, 9.17) is 0 Å². The summed E-state index contributed by atoms with van der Waals surface area (Å²) in [6.45, 7) is 1.80. The van der Waals surface area contributed by atoms with Gasteiger partial charge in [-0.2, -0.15) is 23.4 Å². The molecule has 0 radical (unpaired) electrons. The molecule has 9 heteroatoms. The van der Waals surface area contributed by atoms with Crippen LogP contribution in [0.25, 0.3) is 11.4 Å². The second kappa shape index (κ2) is 6.08. The van der Waals surface area contributed by atoms with E-state index in [9.17, 15) is 18.0 Å². The van der Waals surface area contributed by atoms with Crippen LogP contribution in [0.4, 0.5) is 18.9 Å². The first kappa shape index (κ1) is 16.7. The minimum absolute atomic E-state index is 0.289. The Labute approximate surface area is 140 Å². The van der Waals surface area contributed by atoms with Crippen LogP contribution >= 0.6 is 0 Å². The quantitative estimate of drug-likeness (QED) is 0.761. The zero-order valence-corrected chi connectivity index (χ0v) is 13.3. The smallest absolute Gasteiger partial charge is 0.319 e. The Kier molecular flexibility index (Phi) is 4.07. The van der Waals surface area contributed by atoms with Crippen LogP contribution in [0.3, 0.4) is 0 Å². The molecule has 6 nitrogen and oxygen atoms in total. The molecule has 1 aromatic carbocycles. The Bertz CT molecular complexity index is 926. The summed E-state index contributed by atoms with van der Waals surface area (Å²) >= 11 is 0. The zero-order valence-electron chi connectivity index (χ0n) is 13.3. The Hall–Kier alpha value is -3.10. The highest BCUT2D eigenvalue weighted by Gasteiger charge is 2.35. The number of hydrogen-bond donors (Lipinski definition) is 2. The molecule has 1 amide bonds. The third-order valence-corrected chi connectivity index (χ3v) is 3.62. The lowest BCUT2D eigenvalue weighted by molar-refractivity contribution is -0.137. The second-order valence-corrected chi connectivity index (χ2v) is 5.49. The van der Waals surface area contributed by atoms with E-state index in [0.717, 1.165) is 17.7 Å². The van der Waals surface area contributed by atoms with Gasteiger partial charge in [-0.15, -0.1) is 0 Å². The van der Waals surface area contributed by atoms with Gasteiger partial charge in [-0.1, -0.05) is 12.1 Å². The molecule has 2 N–H and O–H groups in total. The molecule has 0 atom stereocenters. The van der Waals surface area contributed by atoms with E-state index in [2.05, 4.69) is 20.6 Å². The number of rotatable bonds is 3.